The summed E-state index contributed by atoms with van der Waals surface area (Å²) < 4.78 is 5.87. The summed E-state index contributed by atoms with van der Waals surface area (Å²) in [7, 11) is 0. The molecule has 1 aliphatic heterocycles. The SMILES string of the molecule is CCc1ccccc1OC1CN(C(=O)[C@@H](N)CO)C1. The van der Waals surface area contributed by atoms with E-state index in [1.165, 1.54) is 5.56 Å². The Morgan fingerprint density at radius 2 is 2.21 bits per heavy atom. The second kappa shape index (κ2) is 6.04. The number of nitrogens with zero attached hydrogens (tertiary/aromatic N) is 1. The molecule has 5 nitrogen and oxygen atoms in total. The molecule has 0 aromatic heterocycles. The van der Waals surface area contributed by atoms with Crippen molar-refractivity contribution < 1.29 is 14.6 Å². The standard InChI is InChI=1S/C14H20N2O3/c1-2-10-5-3-4-6-13(10)19-11-7-16(8-11)14(18)12(15)9-17/h3-6,11-12,17H,2,7-9,15H2,1H3/t12-/m0/s1. The molecule has 19 heavy (non-hydrogen) atoms. The van der Waals surface area contributed by atoms with Gasteiger partial charge in [-0.05, 0) is 18.1 Å². The first kappa shape index (κ1) is 13.8. The van der Waals surface area contributed by atoms with Gasteiger partial charge in [0.2, 0.25) is 5.91 Å². The molecule has 1 atom stereocenters. The Balaban J connectivity index is 1.86. The van der Waals surface area contributed by atoms with Gasteiger partial charge in [0.1, 0.15) is 17.9 Å². The molecule has 1 heterocycles. The average molecular weight is 264 g/mol. The van der Waals surface area contributed by atoms with Crippen molar-refractivity contribution in [1.82, 2.24) is 4.90 Å². The lowest BCUT2D eigenvalue weighted by Crippen LogP contribution is -2.60. The van der Waals surface area contributed by atoms with Crippen LogP contribution in [0, 0.1) is 0 Å². The molecule has 5 heteroatoms. The van der Waals surface area contributed by atoms with Gasteiger partial charge in [0.05, 0.1) is 19.7 Å². The topological polar surface area (TPSA) is 75.8 Å². The van der Waals surface area contributed by atoms with Crippen LogP contribution in [0.5, 0.6) is 5.75 Å². The number of carbonyl (C=O) groups is 1. The van der Waals surface area contributed by atoms with Crippen molar-refractivity contribution in [2.75, 3.05) is 19.7 Å². The Morgan fingerprint density at radius 3 is 2.84 bits per heavy atom. The lowest BCUT2D eigenvalue weighted by Gasteiger charge is -2.40. The van der Waals surface area contributed by atoms with Crippen LogP contribution >= 0.6 is 0 Å². The Morgan fingerprint density at radius 1 is 1.53 bits per heavy atom. The maximum atomic E-state index is 11.7. The molecule has 104 valence electrons. The smallest absolute Gasteiger partial charge is 0.242 e. The number of aliphatic hydroxyl groups is 1. The van der Waals surface area contributed by atoms with E-state index in [1.807, 2.05) is 24.3 Å². The number of carbonyl (C=O) groups excluding carboxylic acids is 1. The number of rotatable bonds is 5. The number of likely N-dealkylation sites (tertiary alicyclic amines) is 1. The number of para-hydroxylation sites is 1. The average Bonchev–Trinajstić information content (AvgIpc) is 2.41. The molecule has 0 saturated carbocycles. The third-order valence-electron chi connectivity index (χ3n) is 3.32. The zero-order chi connectivity index (χ0) is 13.8. The molecule has 1 fully saturated rings. The molecule has 1 saturated heterocycles. The van der Waals surface area contributed by atoms with E-state index in [-0.39, 0.29) is 18.6 Å². The highest BCUT2D eigenvalue weighted by Crippen LogP contribution is 2.23. The predicted octanol–water partition coefficient (Wildman–Crippen LogP) is 0.158. The first-order chi connectivity index (χ1) is 9.15. The number of aliphatic hydroxyl groups excluding tert-OH is 1. The Hall–Kier alpha value is -1.59. The summed E-state index contributed by atoms with van der Waals surface area (Å²) in [6.45, 7) is 2.83. The first-order valence-electron chi connectivity index (χ1n) is 6.55. The van der Waals surface area contributed by atoms with Gasteiger partial charge in [0.15, 0.2) is 0 Å². The fraction of sp³-hybridized carbons (Fsp3) is 0.500. The van der Waals surface area contributed by atoms with E-state index >= 15 is 0 Å². The van der Waals surface area contributed by atoms with Crippen LogP contribution in [0.3, 0.4) is 0 Å². The molecule has 0 aliphatic carbocycles. The van der Waals surface area contributed by atoms with Crippen molar-refractivity contribution in [3.8, 4) is 5.75 Å². The first-order valence-corrected chi connectivity index (χ1v) is 6.55. The monoisotopic (exact) mass is 264 g/mol. The van der Waals surface area contributed by atoms with Crippen LogP contribution < -0.4 is 10.5 Å². The third-order valence-corrected chi connectivity index (χ3v) is 3.32. The number of aryl methyl sites for hydroxylation is 1. The van der Waals surface area contributed by atoms with Crippen molar-refractivity contribution in [2.45, 2.75) is 25.5 Å². The maximum absolute atomic E-state index is 11.7. The highest BCUT2D eigenvalue weighted by molar-refractivity contribution is 5.82. The van der Waals surface area contributed by atoms with Crippen LogP contribution in [0.15, 0.2) is 24.3 Å². The quantitative estimate of drug-likeness (QED) is 0.794. The summed E-state index contributed by atoms with van der Waals surface area (Å²) in [4.78, 5) is 13.3. The lowest BCUT2D eigenvalue weighted by molar-refractivity contribution is -0.142. The van der Waals surface area contributed by atoms with Crippen molar-refractivity contribution in [2.24, 2.45) is 5.73 Å². The van der Waals surface area contributed by atoms with Gasteiger partial charge in [-0.3, -0.25) is 4.79 Å². The summed E-state index contributed by atoms with van der Waals surface area (Å²) in [5, 5.41) is 8.84. The van der Waals surface area contributed by atoms with E-state index in [1.54, 1.807) is 4.90 Å². The molecule has 1 amide bonds. The van der Waals surface area contributed by atoms with Crippen LogP contribution in [-0.2, 0) is 11.2 Å². The minimum Gasteiger partial charge on any atom is -0.486 e. The molecule has 1 aliphatic rings. The molecule has 3 N–H and O–H groups in total. The highest BCUT2D eigenvalue weighted by atomic mass is 16.5. The Bertz CT molecular complexity index is 444. The van der Waals surface area contributed by atoms with Gasteiger partial charge >= 0.3 is 0 Å². The second-order valence-corrected chi connectivity index (χ2v) is 4.73. The van der Waals surface area contributed by atoms with E-state index in [4.69, 9.17) is 15.6 Å². The number of hydrogen-bond acceptors (Lipinski definition) is 4. The van der Waals surface area contributed by atoms with Crippen LogP contribution in [0.2, 0.25) is 0 Å². The van der Waals surface area contributed by atoms with Gasteiger partial charge in [-0.15, -0.1) is 0 Å². The molecular weight excluding hydrogens is 244 g/mol. The lowest BCUT2D eigenvalue weighted by atomic mass is 10.1. The zero-order valence-corrected chi connectivity index (χ0v) is 11.1. The van der Waals surface area contributed by atoms with E-state index in [9.17, 15) is 4.79 Å². The molecule has 0 radical (unpaired) electrons. The van der Waals surface area contributed by atoms with Gasteiger partial charge in [-0.2, -0.15) is 0 Å². The summed E-state index contributed by atoms with van der Waals surface area (Å²) in [6.07, 6.45) is 0.934. The third kappa shape index (κ3) is 3.05. The number of hydrogen-bond donors (Lipinski definition) is 2. The minimum atomic E-state index is -0.816. The number of nitrogens with two attached hydrogens (primary N) is 1. The van der Waals surface area contributed by atoms with Crippen LogP contribution in [-0.4, -0.2) is 47.8 Å². The summed E-state index contributed by atoms with van der Waals surface area (Å²) in [6, 6.07) is 7.10. The van der Waals surface area contributed by atoms with Gasteiger partial charge in [-0.1, -0.05) is 25.1 Å². The molecule has 2 rings (SSSR count). The molecular formula is C14H20N2O3. The number of ether oxygens (including phenoxy) is 1. The van der Waals surface area contributed by atoms with E-state index in [2.05, 4.69) is 6.92 Å². The van der Waals surface area contributed by atoms with E-state index < -0.39 is 6.04 Å². The number of amides is 1. The van der Waals surface area contributed by atoms with Crippen molar-refractivity contribution in [3.63, 3.8) is 0 Å². The van der Waals surface area contributed by atoms with Gasteiger partial charge in [-0.25, -0.2) is 0 Å². The van der Waals surface area contributed by atoms with Crippen LogP contribution in [0.25, 0.3) is 0 Å². The molecule has 0 bridgehead atoms. The Kier molecular flexibility index (Phi) is 4.39. The van der Waals surface area contributed by atoms with Crippen molar-refractivity contribution in [3.05, 3.63) is 29.8 Å². The predicted molar refractivity (Wildman–Crippen MR) is 71.9 cm³/mol. The molecule has 1 aromatic rings. The minimum absolute atomic E-state index is 0.0162. The Labute approximate surface area is 113 Å². The van der Waals surface area contributed by atoms with Gasteiger partial charge in [0, 0.05) is 0 Å². The second-order valence-electron chi connectivity index (χ2n) is 4.73. The number of benzene rings is 1. The van der Waals surface area contributed by atoms with E-state index in [0.29, 0.717) is 13.1 Å². The maximum Gasteiger partial charge on any atom is 0.242 e. The molecule has 0 unspecified atom stereocenters. The summed E-state index contributed by atoms with van der Waals surface area (Å²) >= 11 is 0. The van der Waals surface area contributed by atoms with Gasteiger partial charge < -0.3 is 20.5 Å². The molecule has 0 spiro atoms. The fourth-order valence-electron chi connectivity index (χ4n) is 2.10. The fourth-order valence-corrected chi connectivity index (χ4v) is 2.10. The van der Waals surface area contributed by atoms with Crippen LogP contribution in [0.4, 0.5) is 0 Å². The normalized spacial score (nSPS) is 16.9. The summed E-state index contributed by atoms with van der Waals surface area (Å²) in [5.41, 5.74) is 6.65. The summed E-state index contributed by atoms with van der Waals surface area (Å²) in [5.74, 6) is 0.666. The molecule has 1 aromatic carbocycles. The highest BCUT2D eigenvalue weighted by Gasteiger charge is 2.34. The van der Waals surface area contributed by atoms with E-state index in [0.717, 1.165) is 12.2 Å². The van der Waals surface area contributed by atoms with Crippen molar-refractivity contribution >= 4 is 5.91 Å². The largest absolute Gasteiger partial charge is 0.486 e. The van der Waals surface area contributed by atoms with Crippen molar-refractivity contribution in [1.29, 1.82) is 0 Å². The zero-order valence-electron chi connectivity index (χ0n) is 11.1. The van der Waals surface area contributed by atoms with Crippen LogP contribution in [0.1, 0.15) is 12.5 Å². The van der Waals surface area contributed by atoms with Gasteiger partial charge in [0.25, 0.3) is 0 Å².